The molecular weight excluding hydrogens is 577 g/mol. The molecule has 10 nitrogen and oxygen atoms in total. The lowest BCUT2D eigenvalue weighted by atomic mass is 10.1. The summed E-state index contributed by atoms with van der Waals surface area (Å²) in [7, 11) is 0. The average molecular weight is 620 g/mol. The summed E-state index contributed by atoms with van der Waals surface area (Å²) >= 11 is 0. The van der Waals surface area contributed by atoms with E-state index in [2.05, 4.69) is 20.9 Å². The van der Waals surface area contributed by atoms with Crippen LogP contribution in [0.4, 0.5) is 25.4 Å². The standard InChI is InChI=1S/C34H42FN5O5/c1-34(2,3)45-33(43)38-30-11-5-4-10-29(30)37-31(41)27-14-12-25(13-15-27)24-40(17-7-16-39-18-20-44-21-19-39)32(42)36-23-26-8-6-9-28(35)22-26/h4-6,8-15,22H,7,16-21,23-24H2,1-3H3,(H,36,42)(H,37,41)(H,38,43). The van der Waals surface area contributed by atoms with Crippen molar-refractivity contribution >= 4 is 29.4 Å². The predicted molar refractivity (Wildman–Crippen MR) is 172 cm³/mol. The van der Waals surface area contributed by atoms with E-state index in [-0.39, 0.29) is 24.3 Å². The molecule has 3 aromatic rings. The highest BCUT2D eigenvalue weighted by Gasteiger charge is 2.19. The van der Waals surface area contributed by atoms with Crippen LogP contribution in [-0.2, 0) is 22.6 Å². The molecule has 0 aliphatic carbocycles. The summed E-state index contributed by atoms with van der Waals surface area (Å²) in [6.07, 6.45) is 0.160. The molecule has 240 valence electrons. The normalized spacial score (nSPS) is 13.5. The van der Waals surface area contributed by atoms with Gasteiger partial charge in [-0.05, 0) is 74.7 Å². The summed E-state index contributed by atoms with van der Waals surface area (Å²) in [6.45, 7) is 10.4. The summed E-state index contributed by atoms with van der Waals surface area (Å²) < 4.78 is 24.4. The molecule has 1 aliphatic heterocycles. The van der Waals surface area contributed by atoms with E-state index >= 15 is 0 Å². The number of carbonyl (C=O) groups excluding carboxylic acids is 3. The summed E-state index contributed by atoms with van der Waals surface area (Å²) in [5.41, 5.74) is 2.12. The molecule has 11 heteroatoms. The molecule has 0 saturated carbocycles. The molecule has 1 heterocycles. The van der Waals surface area contributed by atoms with Gasteiger partial charge >= 0.3 is 12.1 Å². The molecular formula is C34H42FN5O5. The minimum absolute atomic E-state index is 0.208. The molecule has 0 spiro atoms. The number of amides is 4. The van der Waals surface area contributed by atoms with Gasteiger partial charge in [0.15, 0.2) is 0 Å². The van der Waals surface area contributed by atoms with E-state index in [1.54, 1.807) is 74.2 Å². The Balaban J connectivity index is 1.38. The maximum atomic E-state index is 13.6. The second kappa shape index (κ2) is 16.0. The highest BCUT2D eigenvalue weighted by molar-refractivity contribution is 6.06. The second-order valence-corrected chi connectivity index (χ2v) is 11.8. The van der Waals surface area contributed by atoms with E-state index in [4.69, 9.17) is 9.47 Å². The summed E-state index contributed by atoms with van der Waals surface area (Å²) in [6, 6.07) is 19.8. The number of nitrogens with zero attached hydrogens (tertiary/aromatic N) is 2. The quantitative estimate of drug-likeness (QED) is 0.248. The number of ether oxygens (including phenoxy) is 2. The molecule has 0 bridgehead atoms. The maximum Gasteiger partial charge on any atom is 0.412 e. The van der Waals surface area contributed by atoms with Crippen molar-refractivity contribution in [3.63, 3.8) is 0 Å². The summed E-state index contributed by atoms with van der Waals surface area (Å²) in [5.74, 6) is -0.703. The van der Waals surface area contributed by atoms with Gasteiger partial charge in [0.05, 0.1) is 24.6 Å². The highest BCUT2D eigenvalue weighted by Crippen LogP contribution is 2.23. The molecule has 1 saturated heterocycles. The van der Waals surface area contributed by atoms with Gasteiger partial charge in [0.2, 0.25) is 0 Å². The topological polar surface area (TPSA) is 112 Å². The van der Waals surface area contributed by atoms with Crippen LogP contribution in [0.1, 0.15) is 48.7 Å². The Morgan fingerprint density at radius 1 is 0.911 bits per heavy atom. The lowest BCUT2D eigenvalue weighted by Crippen LogP contribution is -2.42. The van der Waals surface area contributed by atoms with Gasteiger partial charge in [-0.15, -0.1) is 0 Å². The Bertz CT molecular complexity index is 1440. The smallest absolute Gasteiger partial charge is 0.412 e. The van der Waals surface area contributed by atoms with Gasteiger partial charge in [-0.3, -0.25) is 15.0 Å². The van der Waals surface area contributed by atoms with Crippen molar-refractivity contribution in [1.29, 1.82) is 0 Å². The minimum atomic E-state index is -0.662. The summed E-state index contributed by atoms with van der Waals surface area (Å²) in [4.78, 5) is 42.7. The Kier molecular flexibility index (Phi) is 11.9. The minimum Gasteiger partial charge on any atom is -0.444 e. The molecule has 3 N–H and O–H groups in total. The summed E-state index contributed by atoms with van der Waals surface area (Å²) in [5, 5.41) is 8.43. The Labute approximate surface area is 263 Å². The van der Waals surface area contributed by atoms with Crippen LogP contribution in [0, 0.1) is 5.82 Å². The highest BCUT2D eigenvalue weighted by atomic mass is 19.1. The van der Waals surface area contributed by atoms with Crippen LogP contribution in [0.3, 0.4) is 0 Å². The number of hydrogen-bond donors (Lipinski definition) is 3. The fraction of sp³-hybridized carbons (Fsp3) is 0.382. The van der Waals surface area contributed by atoms with Crippen LogP contribution >= 0.6 is 0 Å². The third-order valence-electron chi connectivity index (χ3n) is 7.03. The number of carbonyl (C=O) groups is 3. The average Bonchev–Trinajstić information content (AvgIpc) is 3.00. The van der Waals surface area contributed by atoms with Crippen LogP contribution in [0.2, 0.25) is 0 Å². The number of para-hydroxylation sites is 2. The van der Waals surface area contributed by atoms with Crippen LogP contribution in [-0.4, -0.2) is 72.8 Å². The van der Waals surface area contributed by atoms with E-state index in [1.807, 2.05) is 12.1 Å². The maximum absolute atomic E-state index is 13.6. The molecule has 1 aliphatic rings. The van der Waals surface area contributed by atoms with Crippen molar-refractivity contribution in [3.8, 4) is 0 Å². The number of nitrogens with one attached hydrogen (secondary N) is 3. The van der Waals surface area contributed by atoms with Crippen LogP contribution < -0.4 is 16.0 Å². The Morgan fingerprint density at radius 2 is 1.60 bits per heavy atom. The number of anilines is 2. The molecule has 0 aromatic heterocycles. The van der Waals surface area contributed by atoms with Crippen molar-refractivity contribution in [1.82, 2.24) is 15.1 Å². The fourth-order valence-electron chi connectivity index (χ4n) is 4.79. The van der Waals surface area contributed by atoms with E-state index < -0.39 is 11.7 Å². The van der Waals surface area contributed by atoms with Gasteiger partial charge in [0.25, 0.3) is 5.91 Å². The molecule has 4 rings (SSSR count). The van der Waals surface area contributed by atoms with Gasteiger partial charge in [-0.1, -0.05) is 36.4 Å². The van der Waals surface area contributed by atoms with Gasteiger partial charge < -0.3 is 25.0 Å². The van der Waals surface area contributed by atoms with Gasteiger partial charge in [-0.25, -0.2) is 14.0 Å². The zero-order chi connectivity index (χ0) is 32.2. The van der Waals surface area contributed by atoms with Crippen molar-refractivity contribution in [2.45, 2.75) is 45.9 Å². The first kappa shape index (κ1) is 33.4. The molecule has 3 aromatic carbocycles. The van der Waals surface area contributed by atoms with E-state index in [0.717, 1.165) is 31.6 Å². The molecule has 45 heavy (non-hydrogen) atoms. The van der Waals surface area contributed by atoms with Crippen LogP contribution in [0.5, 0.6) is 0 Å². The van der Waals surface area contributed by atoms with Gasteiger partial charge in [-0.2, -0.15) is 0 Å². The molecule has 0 atom stereocenters. The van der Waals surface area contributed by atoms with Crippen LogP contribution in [0.25, 0.3) is 0 Å². The zero-order valence-electron chi connectivity index (χ0n) is 26.1. The Morgan fingerprint density at radius 3 is 2.27 bits per heavy atom. The Hall–Kier alpha value is -4.48. The largest absolute Gasteiger partial charge is 0.444 e. The second-order valence-electron chi connectivity index (χ2n) is 11.8. The number of benzene rings is 3. The van der Waals surface area contributed by atoms with Crippen molar-refractivity contribution in [2.75, 3.05) is 50.0 Å². The lowest BCUT2D eigenvalue weighted by molar-refractivity contribution is 0.0364. The lowest BCUT2D eigenvalue weighted by Gasteiger charge is -2.28. The molecule has 0 unspecified atom stereocenters. The number of urea groups is 1. The van der Waals surface area contributed by atoms with E-state index in [0.29, 0.717) is 48.8 Å². The molecule has 4 amide bonds. The van der Waals surface area contributed by atoms with Crippen molar-refractivity contribution in [3.05, 3.63) is 95.3 Å². The third kappa shape index (κ3) is 11.2. The third-order valence-corrected chi connectivity index (χ3v) is 7.03. The number of hydrogen-bond acceptors (Lipinski definition) is 6. The SMILES string of the molecule is CC(C)(C)OC(=O)Nc1ccccc1NC(=O)c1ccc(CN(CCCN2CCOCC2)C(=O)NCc2cccc(F)c2)cc1. The number of morpholine rings is 1. The monoisotopic (exact) mass is 619 g/mol. The molecule has 1 fully saturated rings. The van der Waals surface area contributed by atoms with Crippen molar-refractivity contribution in [2.24, 2.45) is 0 Å². The number of halogens is 1. The van der Waals surface area contributed by atoms with Gasteiger partial charge in [0, 0.05) is 44.8 Å². The van der Waals surface area contributed by atoms with E-state index in [9.17, 15) is 18.8 Å². The van der Waals surface area contributed by atoms with E-state index in [1.165, 1.54) is 12.1 Å². The van der Waals surface area contributed by atoms with Crippen LogP contribution in [0.15, 0.2) is 72.8 Å². The first-order valence-corrected chi connectivity index (χ1v) is 15.1. The first-order valence-electron chi connectivity index (χ1n) is 15.1. The predicted octanol–water partition coefficient (Wildman–Crippen LogP) is 5.86. The molecule has 0 radical (unpaired) electrons. The fourth-order valence-corrected chi connectivity index (χ4v) is 4.79. The first-order chi connectivity index (χ1) is 21.6. The number of rotatable bonds is 11. The van der Waals surface area contributed by atoms with Gasteiger partial charge in [0.1, 0.15) is 11.4 Å². The zero-order valence-corrected chi connectivity index (χ0v) is 26.1. The van der Waals surface area contributed by atoms with Crippen molar-refractivity contribution < 1.29 is 28.2 Å².